The second kappa shape index (κ2) is 5.03. The molecule has 94 valence electrons. The maximum absolute atomic E-state index is 11.4. The minimum absolute atomic E-state index is 0.0544. The molecule has 0 spiro atoms. The van der Waals surface area contributed by atoms with E-state index < -0.39 is 17.4 Å². The first-order valence-electron chi connectivity index (χ1n) is 5.31. The van der Waals surface area contributed by atoms with Crippen molar-refractivity contribution >= 4 is 11.9 Å². The molecule has 0 amide bonds. The summed E-state index contributed by atoms with van der Waals surface area (Å²) in [6.07, 6.45) is 3.83. The Hall–Kier alpha value is -1.78. The molecule has 0 bridgehead atoms. The Morgan fingerprint density at radius 2 is 2.06 bits per heavy atom. The molecule has 17 heavy (non-hydrogen) atoms. The van der Waals surface area contributed by atoms with Gasteiger partial charge in [0.05, 0.1) is 19.1 Å². The van der Waals surface area contributed by atoms with Crippen molar-refractivity contribution in [2.45, 2.75) is 26.7 Å². The first-order valence-corrected chi connectivity index (χ1v) is 5.31. The summed E-state index contributed by atoms with van der Waals surface area (Å²) in [7, 11) is 1.32. The molecule has 5 heteroatoms. The number of esters is 1. The normalized spacial score (nSPS) is 11.2. The van der Waals surface area contributed by atoms with Crippen LogP contribution in [0.25, 0.3) is 0 Å². The molecule has 0 saturated heterocycles. The number of carbonyl (C=O) groups is 2. The molecule has 0 atom stereocenters. The lowest BCUT2D eigenvalue weighted by Crippen LogP contribution is -2.20. The van der Waals surface area contributed by atoms with Crippen LogP contribution < -0.4 is 0 Å². The van der Waals surface area contributed by atoms with Crippen LogP contribution in [0, 0.1) is 5.41 Å². The Kier molecular flexibility index (Phi) is 3.93. The molecule has 1 heterocycles. The lowest BCUT2D eigenvalue weighted by Gasteiger charge is -2.22. The molecule has 0 radical (unpaired) electrons. The van der Waals surface area contributed by atoms with Gasteiger partial charge in [0, 0.05) is 12.4 Å². The summed E-state index contributed by atoms with van der Waals surface area (Å²) in [5.74, 6) is -1.25. The molecule has 0 aliphatic heterocycles. The number of ether oxygens (including phenoxy) is 1. The van der Waals surface area contributed by atoms with E-state index in [1.165, 1.54) is 7.11 Å². The van der Waals surface area contributed by atoms with E-state index in [2.05, 4.69) is 9.72 Å². The Morgan fingerprint density at radius 3 is 2.59 bits per heavy atom. The van der Waals surface area contributed by atoms with Crippen molar-refractivity contribution in [2.24, 2.45) is 5.41 Å². The molecule has 5 nitrogen and oxygen atoms in total. The third-order valence-corrected chi connectivity index (χ3v) is 2.54. The van der Waals surface area contributed by atoms with E-state index in [-0.39, 0.29) is 6.42 Å². The number of H-pyrrole nitrogens is 1. The number of rotatable bonds is 5. The summed E-state index contributed by atoms with van der Waals surface area (Å²) in [6, 6.07) is 0. The molecule has 2 N–H and O–H groups in total. The third kappa shape index (κ3) is 3.62. The minimum atomic E-state index is -0.842. The number of nitrogens with one attached hydrogen (secondary N) is 1. The van der Waals surface area contributed by atoms with Crippen molar-refractivity contribution in [3.05, 3.63) is 23.5 Å². The standard InChI is InChI=1S/C12H17NO4/c1-12(2,5-10(14)15)4-8-6-13-7-9(8)11(16)17-3/h6-7,13H,4-5H2,1-3H3,(H,14,15). The van der Waals surface area contributed by atoms with Crippen molar-refractivity contribution in [2.75, 3.05) is 7.11 Å². The van der Waals surface area contributed by atoms with Crippen LogP contribution in [-0.2, 0) is 16.0 Å². The van der Waals surface area contributed by atoms with E-state index in [1.807, 2.05) is 13.8 Å². The number of carboxylic acid groups (broad SMARTS) is 1. The number of hydrogen-bond donors (Lipinski definition) is 2. The van der Waals surface area contributed by atoms with Crippen molar-refractivity contribution in [1.29, 1.82) is 0 Å². The van der Waals surface area contributed by atoms with Gasteiger partial charge in [-0.3, -0.25) is 4.79 Å². The van der Waals surface area contributed by atoms with Gasteiger partial charge in [0.2, 0.25) is 0 Å². The highest BCUT2D eigenvalue weighted by Gasteiger charge is 2.25. The van der Waals surface area contributed by atoms with Gasteiger partial charge in [-0.25, -0.2) is 4.79 Å². The number of aromatic amines is 1. The molecule has 0 aliphatic carbocycles. The van der Waals surface area contributed by atoms with Gasteiger partial charge in [0.15, 0.2) is 0 Å². The SMILES string of the molecule is COC(=O)c1c[nH]cc1CC(C)(C)CC(=O)O. The number of aromatic nitrogens is 1. The topological polar surface area (TPSA) is 79.4 Å². The van der Waals surface area contributed by atoms with Gasteiger partial charge in [-0.05, 0) is 17.4 Å². The molecular weight excluding hydrogens is 222 g/mol. The first-order chi connectivity index (χ1) is 7.85. The van der Waals surface area contributed by atoms with Gasteiger partial charge in [0.25, 0.3) is 0 Å². The summed E-state index contributed by atoms with van der Waals surface area (Å²) >= 11 is 0. The zero-order valence-corrected chi connectivity index (χ0v) is 10.2. The number of carbonyl (C=O) groups excluding carboxylic acids is 1. The zero-order valence-electron chi connectivity index (χ0n) is 10.2. The number of hydrogen-bond acceptors (Lipinski definition) is 3. The lowest BCUT2D eigenvalue weighted by atomic mass is 9.82. The first kappa shape index (κ1) is 13.3. The average molecular weight is 239 g/mol. The summed E-state index contributed by atoms with van der Waals surface area (Å²) in [6.45, 7) is 3.71. The quantitative estimate of drug-likeness (QED) is 0.768. The molecule has 0 saturated carbocycles. The zero-order chi connectivity index (χ0) is 13.1. The molecule has 0 unspecified atom stereocenters. The highest BCUT2D eigenvalue weighted by atomic mass is 16.5. The Morgan fingerprint density at radius 1 is 1.41 bits per heavy atom. The van der Waals surface area contributed by atoms with Gasteiger partial charge in [0.1, 0.15) is 0 Å². The van der Waals surface area contributed by atoms with Crippen molar-refractivity contribution in [1.82, 2.24) is 4.98 Å². The summed E-state index contributed by atoms with van der Waals surface area (Å²) < 4.78 is 4.66. The summed E-state index contributed by atoms with van der Waals surface area (Å²) in [5, 5.41) is 8.80. The van der Waals surface area contributed by atoms with Crippen molar-refractivity contribution in [3.8, 4) is 0 Å². The fraction of sp³-hybridized carbons (Fsp3) is 0.500. The molecular formula is C12H17NO4. The van der Waals surface area contributed by atoms with Crippen LogP contribution in [0.15, 0.2) is 12.4 Å². The van der Waals surface area contributed by atoms with Crippen molar-refractivity contribution < 1.29 is 19.4 Å². The van der Waals surface area contributed by atoms with Crippen LogP contribution in [0.4, 0.5) is 0 Å². The Bertz CT molecular complexity index is 420. The van der Waals surface area contributed by atoms with Crippen molar-refractivity contribution in [3.63, 3.8) is 0 Å². The maximum atomic E-state index is 11.4. The largest absolute Gasteiger partial charge is 0.481 e. The molecule has 1 aromatic heterocycles. The highest BCUT2D eigenvalue weighted by molar-refractivity contribution is 5.90. The van der Waals surface area contributed by atoms with Gasteiger partial charge >= 0.3 is 11.9 Å². The molecule has 1 aromatic rings. The minimum Gasteiger partial charge on any atom is -0.481 e. The fourth-order valence-electron chi connectivity index (χ4n) is 1.83. The molecule has 1 rings (SSSR count). The van der Waals surface area contributed by atoms with E-state index in [0.717, 1.165) is 5.56 Å². The highest BCUT2D eigenvalue weighted by Crippen LogP contribution is 2.27. The Labute approximate surface area is 99.8 Å². The second-order valence-electron chi connectivity index (χ2n) is 4.80. The average Bonchev–Trinajstić information content (AvgIpc) is 2.61. The summed E-state index contributed by atoms with van der Waals surface area (Å²) in [5.41, 5.74) is 0.839. The van der Waals surface area contributed by atoms with E-state index in [0.29, 0.717) is 12.0 Å². The fourth-order valence-corrected chi connectivity index (χ4v) is 1.83. The van der Waals surface area contributed by atoms with Gasteiger partial charge in [-0.15, -0.1) is 0 Å². The number of aliphatic carboxylic acids is 1. The van der Waals surface area contributed by atoms with E-state index >= 15 is 0 Å². The van der Waals surface area contributed by atoms with E-state index in [4.69, 9.17) is 5.11 Å². The molecule has 0 aromatic carbocycles. The summed E-state index contributed by atoms with van der Waals surface area (Å²) in [4.78, 5) is 25.0. The maximum Gasteiger partial charge on any atom is 0.339 e. The molecule has 0 fully saturated rings. The monoisotopic (exact) mass is 239 g/mol. The number of carboxylic acids is 1. The van der Waals surface area contributed by atoms with Crippen LogP contribution in [0.2, 0.25) is 0 Å². The van der Waals surface area contributed by atoms with Gasteiger partial charge in [-0.1, -0.05) is 13.8 Å². The number of methoxy groups -OCH3 is 1. The van der Waals surface area contributed by atoms with Crippen LogP contribution in [0.1, 0.15) is 36.2 Å². The van der Waals surface area contributed by atoms with Gasteiger partial charge in [-0.2, -0.15) is 0 Å². The molecule has 0 aliphatic rings. The van der Waals surface area contributed by atoms with Crippen LogP contribution in [-0.4, -0.2) is 29.1 Å². The van der Waals surface area contributed by atoms with Crippen LogP contribution >= 0.6 is 0 Å². The predicted molar refractivity (Wildman–Crippen MR) is 61.9 cm³/mol. The third-order valence-electron chi connectivity index (χ3n) is 2.54. The lowest BCUT2D eigenvalue weighted by molar-refractivity contribution is -0.139. The van der Waals surface area contributed by atoms with Gasteiger partial charge < -0.3 is 14.8 Å². The Balaban J connectivity index is 2.84. The van der Waals surface area contributed by atoms with E-state index in [9.17, 15) is 9.59 Å². The smallest absolute Gasteiger partial charge is 0.339 e. The van der Waals surface area contributed by atoms with E-state index in [1.54, 1.807) is 12.4 Å². The second-order valence-corrected chi connectivity index (χ2v) is 4.80. The van der Waals surface area contributed by atoms with Crippen LogP contribution in [0.5, 0.6) is 0 Å². The van der Waals surface area contributed by atoms with Crippen LogP contribution in [0.3, 0.4) is 0 Å². The predicted octanol–water partition coefficient (Wildman–Crippen LogP) is 1.84.